The Morgan fingerprint density at radius 2 is 1.78 bits per heavy atom. The number of aliphatic hydroxyl groups excluding tert-OH is 1. The summed E-state index contributed by atoms with van der Waals surface area (Å²) in [4.78, 5) is 0. The molecule has 1 unspecified atom stereocenters. The number of hydrogen-bond acceptors (Lipinski definition) is 2. The van der Waals surface area contributed by atoms with Crippen LogP contribution in [0.15, 0.2) is 36.4 Å². The van der Waals surface area contributed by atoms with Gasteiger partial charge in [0.15, 0.2) is 0 Å². The maximum absolute atomic E-state index is 13.2. The molecule has 18 heavy (non-hydrogen) atoms. The molecule has 0 aliphatic rings. The van der Waals surface area contributed by atoms with E-state index in [1.165, 1.54) is 18.2 Å². The molecule has 0 bridgehead atoms. The van der Waals surface area contributed by atoms with Gasteiger partial charge in [0.05, 0.1) is 0 Å². The summed E-state index contributed by atoms with van der Waals surface area (Å²) >= 11 is 0. The molecule has 2 nitrogen and oxygen atoms in total. The minimum atomic E-state index is -0.902. The lowest BCUT2D eigenvalue weighted by Gasteiger charge is -2.16. The molecule has 0 amide bonds. The van der Waals surface area contributed by atoms with Crippen LogP contribution in [0.25, 0.3) is 0 Å². The maximum atomic E-state index is 13.2. The summed E-state index contributed by atoms with van der Waals surface area (Å²) in [7, 11) is 0. The van der Waals surface area contributed by atoms with Crippen LogP contribution in [0.5, 0.6) is 0 Å². The zero-order chi connectivity index (χ0) is 13.3. The fourth-order valence-corrected chi connectivity index (χ4v) is 2.08. The van der Waals surface area contributed by atoms with E-state index >= 15 is 0 Å². The number of aryl methyl sites for hydroxylation is 2. The highest BCUT2D eigenvalue weighted by molar-refractivity contribution is 5.51. The number of hydrogen-bond donors (Lipinski definition) is 2. The first-order valence-corrected chi connectivity index (χ1v) is 5.79. The van der Waals surface area contributed by atoms with Gasteiger partial charge in [-0.05, 0) is 43.2 Å². The second-order valence-corrected chi connectivity index (χ2v) is 4.54. The summed E-state index contributed by atoms with van der Waals surface area (Å²) in [5, 5.41) is 10.3. The van der Waals surface area contributed by atoms with Crippen LogP contribution in [0, 0.1) is 19.7 Å². The van der Waals surface area contributed by atoms with Crippen molar-refractivity contribution in [3.8, 4) is 0 Å². The Balaban J connectivity index is 2.47. The summed E-state index contributed by atoms with van der Waals surface area (Å²) in [6, 6.07) is 9.78. The SMILES string of the molecule is Cc1ccc(C(O)c2cc(F)ccc2N)c(C)c1. The van der Waals surface area contributed by atoms with Crippen LogP contribution in [0.4, 0.5) is 10.1 Å². The molecule has 94 valence electrons. The van der Waals surface area contributed by atoms with Crippen LogP contribution in [-0.2, 0) is 0 Å². The van der Waals surface area contributed by atoms with Gasteiger partial charge in [-0.3, -0.25) is 0 Å². The molecule has 0 saturated carbocycles. The zero-order valence-corrected chi connectivity index (χ0v) is 10.4. The lowest BCUT2D eigenvalue weighted by atomic mass is 9.95. The van der Waals surface area contributed by atoms with Gasteiger partial charge >= 0.3 is 0 Å². The van der Waals surface area contributed by atoms with E-state index in [4.69, 9.17) is 5.73 Å². The van der Waals surface area contributed by atoms with Crippen LogP contribution < -0.4 is 5.73 Å². The van der Waals surface area contributed by atoms with Gasteiger partial charge < -0.3 is 10.8 Å². The van der Waals surface area contributed by atoms with E-state index in [1.54, 1.807) is 0 Å². The van der Waals surface area contributed by atoms with Gasteiger partial charge in [-0.15, -0.1) is 0 Å². The number of rotatable bonds is 2. The van der Waals surface area contributed by atoms with Gasteiger partial charge in [-0.1, -0.05) is 23.8 Å². The third kappa shape index (κ3) is 2.36. The molecule has 0 fully saturated rings. The van der Waals surface area contributed by atoms with Crippen molar-refractivity contribution in [1.29, 1.82) is 0 Å². The monoisotopic (exact) mass is 245 g/mol. The number of aliphatic hydroxyl groups is 1. The first kappa shape index (κ1) is 12.6. The molecule has 1 atom stereocenters. The summed E-state index contributed by atoms with van der Waals surface area (Å²) in [6.07, 6.45) is -0.902. The van der Waals surface area contributed by atoms with Gasteiger partial charge in [0.25, 0.3) is 0 Å². The maximum Gasteiger partial charge on any atom is 0.123 e. The molecular weight excluding hydrogens is 229 g/mol. The second-order valence-electron chi connectivity index (χ2n) is 4.54. The molecule has 3 heteroatoms. The van der Waals surface area contributed by atoms with Crippen molar-refractivity contribution in [1.82, 2.24) is 0 Å². The molecule has 0 aliphatic heterocycles. The first-order chi connectivity index (χ1) is 8.49. The molecule has 0 aliphatic carbocycles. The standard InChI is InChI=1S/C15H16FNO/c1-9-3-5-12(10(2)7-9)15(18)13-8-11(16)4-6-14(13)17/h3-8,15,18H,17H2,1-2H3. The normalized spacial score (nSPS) is 12.4. The highest BCUT2D eigenvalue weighted by Gasteiger charge is 2.16. The average Bonchev–Trinajstić information content (AvgIpc) is 2.31. The predicted octanol–water partition coefficient (Wildman–Crippen LogP) is 3.11. The number of halogens is 1. The quantitative estimate of drug-likeness (QED) is 0.798. The van der Waals surface area contributed by atoms with Crippen LogP contribution in [0.3, 0.4) is 0 Å². The molecule has 0 heterocycles. The fraction of sp³-hybridized carbons (Fsp3) is 0.200. The van der Waals surface area contributed by atoms with Crippen LogP contribution in [0.2, 0.25) is 0 Å². The Hall–Kier alpha value is -1.87. The van der Waals surface area contributed by atoms with Gasteiger partial charge in [0.1, 0.15) is 11.9 Å². The van der Waals surface area contributed by atoms with Crippen molar-refractivity contribution in [3.63, 3.8) is 0 Å². The van der Waals surface area contributed by atoms with E-state index in [-0.39, 0.29) is 0 Å². The van der Waals surface area contributed by atoms with Crippen molar-refractivity contribution < 1.29 is 9.50 Å². The number of anilines is 1. The third-order valence-electron chi connectivity index (χ3n) is 3.06. The van der Waals surface area contributed by atoms with E-state index in [2.05, 4.69) is 0 Å². The average molecular weight is 245 g/mol. The van der Waals surface area contributed by atoms with Crippen molar-refractivity contribution in [2.75, 3.05) is 5.73 Å². The van der Waals surface area contributed by atoms with E-state index in [9.17, 15) is 9.50 Å². The first-order valence-electron chi connectivity index (χ1n) is 5.79. The lowest BCUT2D eigenvalue weighted by molar-refractivity contribution is 0.220. The third-order valence-corrected chi connectivity index (χ3v) is 3.06. The Bertz CT molecular complexity index is 581. The van der Waals surface area contributed by atoms with Gasteiger partial charge in [-0.2, -0.15) is 0 Å². The van der Waals surface area contributed by atoms with Gasteiger partial charge in [-0.25, -0.2) is 4.39 Å². The molecule has 0 radical (unpaired) electrons. The summed E-state index contributed by atoms with van der Waals surface area (Å²) in [5.41, 5.74) is 9.41. The fourth-order valence-electron chi connectivity index (χ4n) is 2.08. The van der Waals surface area contributed by atoms with Gasteiger partial charge in [0.2, 0.25) is 0 Å². The predicted molar refractivity (Wildman–Crippen MR) is 70.8 cm³/mol. The minimum Gasteiger partial charge on any atom is -0.398 e. The van der Waals surface area contributed by atoms with Crippen molar-refractivity contribution in [3.05, 3.63) is 64.5 Å². The Morgan fingerprint density at radius 1 is 1.06 bits per heavy atom. The van der Waals surface area contributed by atoms with Crippen LogP contribution in [-0.4, -0.2) is 5.11 Å². The highest BCUT2D eigenvalue weighted by Crippen LogP contribution is 2.29. The smallest absolute Gasteiger partial charge is 0.123 e. The van der Waals surface area contributed by atoms with Crippen LogP contribution >= 0.6 is 0 Å². The largest absolute Gasteiger partial charge is 0.398 e. The number of benzene rings is 2. The van der Waals surface area contributed by atoms with E-state index in [0.717, 1.165) is 16.7 Å². The Kier molecular flexibility index (Phi) is 3.34. The molecule has 0 saturated heterocycles. The molecule has 3 N–H and O–H groups in total. The summed E-state index contributed by atoms with van der Waals surface area (Å²) in [5.74, 6) is -0.400. The van der Waals surface area contributed by atoms with Gasteiger partial charge in [0, 0.05) is 11.3 Å². The highest BCUT2D eigenvalue weighted by atomic mass is 19.1. The van der Waals surface area contributed by atoms with E-state index < -0.39 is 11.9 Å². The summed E-state index contributed by atoms with van der Waals surface area (Å²) in [6.45, 7) is 3.90. The van der Waals surface area contributed by atoms with Crippen LogP contribution in [0.1, 0.15) is 28.4 Å². The van der Waals surface area contributed by atoms with E-state index in [1.807, 2.05) is 32.0 Å². The topological polar surface area (TPSA) is 46.2 Å². The molecular formula is C15H16FNO. The van der Waals surface area contributed by atoms with E-state index in [0.29, 0.717) is 11.3 Å². The Morgan fingerprint density at radius 3 is 2.44 bits per heavy atom. The minimum absolute atomic E-state index is 0.392. The molecule has 0 spiro atoms. The lowest BCUT2D eigenvalue weighted by Crippen LogP contribution is -2.06. The number of nitrogen functional groups attached to an aromatic ring is 1. The second kappa shape index (κ2) is 4.78. The van der Waals surface area contributed by atoms with Crippen molar-refractivity contribution >= 4 is 5.69 Å². The zero-order valence-electron chi connectivity index (χ0n) is 10.4. The van der Waals surface area contributed by atoms with Crippen molar-refractivity contribution in [2.45, 2.75) is 20.0 Å². The number of nitrogens with two attached hydrogens (primary N) is 1. The Labute approximate surface area is 106 Å². The molecule has 0 aromatic heterocycles. The molecule has 2 aromatic carbocycles. The van der Waals surface area contributed by atoms with Crippen molar-refractivity contribution in [2.24, 2.45) is 0 Å². The molecule has 2 aromatic rings. The molecule has 2 rings (SSSR count). The summed E-state index contributed by atoms with van der Waals surface area (Å²) < 4.78 is 13.2.